The van der Waals surface area contributed by atoms with Crippen molar-refractivity contribution in [3.63, 3.8) is 0 Å². The molecule has 6 nitrogen and oxygen atoms in total. The Morgan fingerprint density at radius 2 is 0.554 bits per heavy atom. The van der Waals surface area contributed by atoms with E-state index in [4.69, 9.17) is 4.74 Å². The molecule has 0 aliphatic heterocycles. The normalized spacial score (nSPS) is 12.4. The number of aliphatic hydroxyl groups is 2. The molecule has 0 rings (SSSR count). The SMILES string of the molecule is CCCCCCCCCCCCCCCCCCCCCCCC(O)C(CO)NC(=O)CCCCCCCCCCCCCCCCCCCCCCOC(=O)CCCCCCCCCCCCCCCCCC. The highest BCUT2D eigenvalue weighted by Gasteiger charge is 2.20. The molecule has 0 spiro atoms. The van der Waals surface area contributed by atoms with Crippen molar-refractivity contribution in [3.8, 4) is 0 Å². The van der Waals surface area contributed by atoms with Crippen molar-refractivity contribution in [2.24, 2.45) is 0 Å². The van der Waals surface area contributed by atoms with Crippen molar-refractivity contribution in [1.29, 1.82) is 0 Å². The number of amides is 1. The minimum atomic E-state index is -0.665. The van der Waals surface area contributed by atoms with Crippen molar-refractivity contribution in [1.82, 2.24) is 5.32 Å². The van der Waals surface area contributed by atoms with Crippen molar-refractivity contribution in [3.05, 3.63) is 0 Å². The molecule has 3 N–H and O–H groups in total. The summed E-state index contributed by atoms with van der Waals surface area (Å²) in [6.45, 7) is 5.00. The van der Waals surface area contributed by atoms with Crippen molar-refractivity contribution >= 4 is 11.9 Å². The first kappa shape index (κ1) is 72.9. The number of aliphatic hydroxyl groups excluding tert-OH is 2. The number of nitrogens with one attached hydrogen (secondary N) is 1. The second-order valence-corrected chi connectivity index (χ2v) is 23.9. The van der Waals surface area contributed by atoms with Gasteiger partial charge in [0.1, 0.15) is 0 Å². The summed E-state index contributed by atoms with van der Waals surface area (Å²) >= 11 is 0. The predicted molar refractivity (Wildman–Crippen MR) is 324 cm³/mol. The number of esters is 1. The van der Waals surface area contributed by atoms with Gasteiger partial charge in [-0.1, -0.05) is 361 Å². The van der Waals surface area contributed by atoms with E-state index in [2.05, 4.69) is 19.2 Å². The molecular formula is C68H135NO5. The predicted octanol–water partition coefficient (Wildman–Crippen LogP) is 21.8. The van der Waals surface area contributed by atoms with Gasteiger partial charge in [-0.05, 0) is 25.7 Å². The zero-order chi connectivity index (χ0) is 53.6. The monoisotopic (exact) mass is 1050 g/mol. The maximum atomic E-state index is 12.5. The minimum Gasteiger partial charge on any atom is -0.466 e. The molecule has 6 heteroatoms. The molecular weight excluding hydrogens is 911 g/mol. The summed E-state index contributed by atoms with van der Waals surface area (Å²) in [7, 11) is 0. The molecule has 0 aromatic carbocycles. The highest BCUT2D eigenvalue weighted by Crippen LogP contribution is 2.19. The molecule has 0 aliphatic rings. The van der Waals surface area contributed by atoms with Crippen LogP contribution in [-0.2, 0) is 14.3 Å². The molecule has 0 fully saturated rings. The van der Waals surface area contributed by atoms with E-state index in [1.54, 1.807) is 0 Å². The van der Waals surface area contributed by atoms with Gasteiger partial charge in [-0.25, -0.2) is 0 Å². The summed E-state index contributed by atoms with van der Waals surface area (Å²) in [4.78, 5) is 24.6. The first-order valence-electron chi connectivity index (χ1n) is 34.3. The van der Waals surface area contributed by atoms with Crippen LogP contribution >= 0.6 is 0 Å². The van der Waals surface area contributed by atoms with Gasteiger partial charge in [0, 0.05) is 12.8 Å². The van der Waals surface area contributed by atoms with Gasteiger partial charge in [0.25, 0.3) is 0 Å². The van der Waals surface area contributed by atoms with E-state index in [9.17, 15) is 19.8 Å². The van der Waals surface area contributed by atoms with Crippen LogP contribution < -0.4 is 5.32 Å². The van der Waals surface area contributed by atoms with Gasteiger partial charge in [0.2, 0.25) is 5.91 Å². The van der Waals surface area contributed by atoms with Crippen LogP contribution in [0.3, 0.4) is 0 Å². The van der Waals surface area contributed by atoms with Gasteiger partial charge in [-0.2, -0.15) is 0 Å². The van der Waals surface area contributed by atoms with Gasteiger partial charge < -0.3 is 20.3 Å². The summed E-state index contributed by atoms with van der Waals surface area (Å²) in [6, 6.07) is -0.543. The van der Waals surface area contributed by atoms with Crippen LogP contribution in [0.5, 0.6) is 0 Å². The standard InChI is InChI=1S/C68H135NO5/c1-3-5-7-9-11-13-15-17-19-21-22-23-26-29-32-36-40-44-48-52-56-60-66(71)65(64-70)69-67(72)61-57-53-49-45-41-37-33-30-27-24-25-28-31-35-39-43-47-51-55-59-63-74-68(73)62-58-54-50-46-42-38-34-20-18-16-14-12-10-8-6-4-2/h65-66,70-71H,3-64H2,1-2H3,(H,69,72). The third kappa shape index (κ3) is 60.1. The zero-order valence-electron chi connectivity index (χ0n) is 50.6. The molecule has 0 bridgehead atoms. The molecule has 0 saturated heterocycles. The van der Waals surface area contributed by atoms with E-state index < -0.39 is 12.1 Å². The number of carbonyl (C=O) groups is 2. The van der Waals surface area contributed by atoms with Crippen LogP contribution in [0, 0.1) is 0 Å². The Morgan fingerprint density at radius 3 is 0.824 bits per heavy atom. The molecule has 442 valence electrons. The van der Waals surface area contributed by atoms with Crippen LogP contribution in [0.15, 0.2) is 0 Å². The Morgan fingerprint density at radius 1 is 0.324 bits per heavy atom. The van der Waals surface area contributed by atoms with E-state index in [1.165, 1.54) is 327 Å². The fraction of sp³-hybridized carbons (Fsp3) is 0.971. The fourth-order valence-corrected chi connectivity index (χ4v) is 11.2. The molecule has 0 saturated carbocycles. The first-order chi connectivity index (χ1) is 36.5. The average Bonchev–Trinajstić information content (AvgIpc) is 3.40. The molecule has 0 aliphatic carbocycles. The largest absolute Gasteiger partial charge is 0.466 e. The van der Waals surface area contributed by atoms with Crippen LogP contribution in [-0.4, -0.2) is 47.4 Å². The Bertz CT molecular complexity index is 1070. The Labute approximate surface area is 464 Å². The molecule has 0 heterocycles. The number of ether oxygens (including phenoxy) is 1. The van der Waals surface area contributed by atoms with Gasteiger partial charge in [-0.15, -0.1) is 0 Å². The Kier molecular flexibility index (Phi) is 63.4. The molecule has 2 atom stereocenters. The van der Waals surface area contributed by atoms with E-state index >= 15 is 0 Å². The second kappa shape index (κ2) is 64.4. The molecule has 0 aromatic rings. The van der Waals surface area contributed by atoms with Crippen LogP contribution in [0.2, 0.25) is 0 Å². The lowest BCUT2D eigenvalue weighted by molar-refractivity contribution is -0.143. The number of unbranched alkanes of at least 4 members (excludes halogenated alkanes) is 54. The van der Waals surface area contributed by atoms with Gasteiger partial charge in [0.05, 0.1) is 25.4 Å². The highest BCUT2D eigenvalue weighted by atomic mass is 16.5. The zero-order valence-corrected chi connectivity index (χ0v) is 50.6. The molecule has 0 aromatic heterocycles. The third-order valence-electron chi connectivity index (χ3n) is 16.4. The minimum absolute atomic E-state index is 0.0157. The second-order valence-electron chi connectivity index (χ2n) is 23.9. The summed E-state index contributed by atoms with van der Waals surface area (Å²) in [5.41, 5.74) is 0. The van der Waals surface area contributed by atoms with Crippen LogP contribution in [0.1, 0.15) is 399 Å². The summed E-state index contributed by atoms with van der Waals surface area (Å²) in [5.74, 6) is -0.0158. The van der Waals surface area contributed by atoms with Crippen molar-refractivity contribution < 1.29 is 24.5 Å². The quantitative estimate of drug-likeness (QED) is 0.0417. The van der Waals surface area contributed by atoms with Crippen molar-refractivity contribution in [2.75, 3.05) is 13.2 Å². The Balaban J connectivity index is 3.37. The average molecular weight is 1050 g/mol. The number of rotatable bonds is 65. The van der Waals surface area contributed by atoms with E-state index in [-0.39, 0.29) is 18.5 Å². The summed E-state index contributed by atoms with van der Waals surface area (Å²) in [6.07, 6.45) is 77.0. The highest BCUT2D eigenvalue weighted by molar-refractivity contribution is 5.76. The first-order valence-corrected chi connectivity index (χ1v) is 34.3. The molecule has 0 radical (unpaired) electrons. The van der Waals surface area contributed by atoms with Gasteiger partial charge in [-0.3, -0.25) is 9.59 Å². The lowest BCUT2D eigenvalue weighted by Crippen LogP contribution is -2.45. The number of carbonyl (C=O) groups excluding carboxylic acids is 2. The lowest BCUT2D eigenvalue weighted by atomic mass is 10.0. The fourth-order valence-electron chi connectivity index (χ4n) is 11.2. The van der Waals surface area contributed by atoms with E-state index in [1.807, 2.05) is 0 Å². The van der Waals surface area contributed by atoms with E-state index in [0.717, 1.165) is 38.5 Å². The van der Waals surface area contributed by atoms with Gasteiger partial charge in [0.15, 0.2) is 0 Å². The molecule has 2 unspecified atom stereocenters. The maximum absolute atomic E-state index is 12.5. The maximum Gasteiger partial charge on any atom is 0.305 e. The van der Waals surface area contributed by atoms with E-state index in [0.29, 0.717) is 25.9 Å². The van der Waals surface area contributed by atoms with Gasteiger partial charge >= 0.3 is 5.97 Å². The topological polar surface area (TPSA) is 95.9 Å². The summed E-state index contributed by atoms with van der Waals surface area (Å²) in [5, 5.41) is 23.4. The lowest BCUT2D eigenvalue weighted by Gasteiger charge is -2.22. The smallest absolute Gasteiger partial charge is 0.305 e. The number of hydrogen-bond donors (Lipinski definition) is 3. The Hall–Kier alpha value is -1.14. The number of hydrogen-bond acceptors (Lipinski definition) is 5. The van der Waals surface area contributed by atoms with Crippen LogP contribution in [0.25, 0.3) is 0 Å². The molecule has 1 amide bonds. The summed E-state index contributed by atoms with van der Waals surface area (Å²) < 4.78 is 5.50. The van der Waals surface area contributed by atoms with Crippen LogP contribution in [0.4, 0.5) is 0 Å². The van der Waals surface area contributed by atoms with Crippen molar-refractivity contribution in [2.45, 2.75) is 411 Å². The third-order valence-corrected chi connectivity index (χ3v) is 16.4. The molecule has 74 heavy (non-hydrogen) atoms.